The fraction of sp³-hybridized carbons (Fsp3) is 0.615. The third-order valence-electron chi connectivity index (χ3n) is 3.47. The number of primary amides is 1. The molecule has 5 nitrogen and oxygen atoms in total. The molecule has 2 unspecified atom stereocenters. The summed E-state index contributed by atoms with van der Waals surface area (Å²) in [5.41, 5.74) is 12.5. The van der Waals surface area contributed by atoms with E-state index < -0.39 is 11.4 Å². The summed E-state index contributed by atoms with van der Waals surface area (Å²) in [6, 6.07) is 1.95. The third-order valence-corrected chi connectivity index (χ3v) is 4.59. The zero-order valence-corrected chi connectivity index (χ0v) is 12.2. The molecule has 1 saturated carbocycles. The van der Waals surface area contributed by atoms with Gasteiger partial charge in [-0.3, -0.25) is 4.79 Å². The first-order valence-corrected chi connectivity index (χ1v) is 7.35. The van der Waals surface area contributed by atoms with Gasteiger partial charge in [0.2, 0.25) is 5.91 Å². The number of aryl methyl sites for hydroxylation is 2. The Hall–Kier alpha value is -1.14. The highest BCUT2D eigenvalue weighted by Gasteiger charge is 2.38. The molecule has 0 aliphatic heterocycles. The molecule has 0 bridgehead atoms. The summed E-state index contributed by atoms with van der Waals surface area (Å²) in [5.74, 6) is -0.404. The summed E-state index contributed by atoms with van der Waals surface area (Å²) in [4.78, 5) is 20.3. The van der Waals surface area contributed by atoms with E-state index in [2.05, 4.69) is 9.97 Å². The topological polar surface area (TPSA) is 94.9 Å². The highest BCUT2D eigenvalue weighted by molar-refractivity contribution is 7.99. The van der Waals surface area contributed by atoms with Crippen LogP contribution in [0.1, 0.15) is 37.1 Å². The number of nitrogens with zero attached hydrogens (tertiary/aromatic N) is 2. The minimum atomic E-state index is -0.866. The highest BCUT2D eigenvalue weighted by Crippen LogP contribution is 2.36. The number of hydrogen-bond acceptors (Lipinski definition) is 5. The fourth-order valence-electron chi connectivity index (χ4n) is 2.48. The van der Waals surface area contributed by atoms with Crippen LogP contribution in [0.2, 0.25) is 0 Å². The molecule has 0 saturated heterocycles. The van der Waals surface area contributed by atoms with Crippen molar-refractivity contribution in [2.24, 2.45) is 11.5 Å². The van der Waals surface area contributed by atoms with Crippen molar-refractivity contribution >= 4 is 17.7 Å². The Balaban J connectivity index is 2.08. The average Bonchev–Trinajstić information content (AvgIpc) is 2.27. The lowest BCUT2D eigenvalue weighted by atomic mass is 9.82. The molecule has 2 rings (SSSR count). The van der Waals surface area contributed by atoms with Crippen LogP contribution < -0.4 is 11.5 Å². The Labute approximate surface area is 117 Å². The second-order valence-electron chi connectivity index (χ2n) is 5.29. The molecule has 19 heavy (non-hydrogen) atoms. The number of aromatic nitrogens is 2. The zero-order chi connectivity index (χ0) is 14.0. The van der Waals surface area contributed by atoms with Gasteiger partial charge in [0.05, 0.1) is 5.54 Å². The van der Waals surface area contributed by atoms with E-state index in [0.717, 1.165) is 29.4 Å². The molecule has 0 radical (unpaired) electrons. The Morgan fingerprint density at radius 2 is 2.05 bits per heavy atom. The van der Waals surface area contributed by atoms with E-state index in [9.17, 15) is 4.79 Å². The Morgan fingerprint density at radius 1 is 1.42 bits per heavy atom. The number of hydrogen-bond donors (Lipinski definition) is 2. The van der Waals surface area contributed by atoms with E-state index in [-0.39, 0.29) is 5.25 Å². The second kappa shape index (κ2) is 5.46. The second-order valence-corrected chi connectivity index (χ2v) is 6.56. The summed E-state index contributed by atoms with van der Waals surface area (Å²) in [5, 5.41) is 1.02. The molecule has 6 heteroatoms. The van der Waals surface area contributed by atoms with Gasteiger partial charge < -0.3 is 11.5 Å². The highest BCUT2D eigenvalue weighted by atomic mass is 32.2. The number of carbonyl (C=O) groups is 1. The van der Waals surface area contributed by atoms with Gasteiger partial charge >= 0.3 is 0 Å². The van der Waals surface area contributed by atoms with E-state index in [4.69, 9.17) is 11.5 Å². The normalized spacial score (nSPS) is 27.2. The smallest absolute Gasteiger partial charge is 0.237 e. The molecular formula is C13H20N4OS. The summed E-state index contributed by atoms with van der Waals surface area (Å²) in [6.45, 7) is 3.91. The van der Waals surface area contributed by atoms with Crippen LogP contribution in [-0.2, 0) is 4.79 Å². The first kappa shape index (κ1) is 14.3. The van der Waals surface area contributed by atoms with Crippen LogP contribution in [-0.4, -0.2) is 26.7 Å². The van der Waals surface area contributed by atoms with Crippen molar-refractivity contribution in [3.8, 4) is 0 Å². The average molecular weight is 280 g/mol. The lowest BCUT2D eigenvalue weighted by molar-refractivity contribution is -0.124. The lowest BCUT2D eigenvalue weighted by Crippen LogP contribution is -2.55. The predicted octanol–water partition coefficient (Wildman–Crippen LogP) is 1.31. The quantitative estimate of drug-likeness (QED) is 0.814. The maximum atomic E-state index is 11.4. The Morgan fingerprint density at radius 3 is 2.63 bits per heavy atom. The summed E-state index contributed by atoms with van der Waals surface area (Å²) < 4.78 is 0. The van der Waals surface area contributed by atoms with Crippen molar-refractivity contribution < 1.29 is 4.79 Å². The van der Waals surface area contributed by atoms with Crippen molar-refractivity contribution in [3.05, 3.63) is 17.5 Å². The predicted molar refractivity (Wildman–Crippen MR) is 75.7 cm³/mol. The summed E-state index contributed by atoms with van der Waals surface area (Å²) in [6.07, 6.45) is 3.21. The van der Waals surface area contributed by atoms with Crippen LogP contribution in [0.15, 0.2) is 11.2 Å². The van der Waals surface area contributed by atoms with Crippen molar-refractivity contribution in [1.82, 2.24) is 9.97 Å². The van der Waals surface area contributed by atoms with E-state index >= 15 is 0 Å². The van der Waals surface area contributed by atoms with Crippen LogP contribution in [0.3, 0.4) is 0 Å². The fourth-order valence-corrected chi connectivity index (χ4v) is 3.83. The number of carbonyl (C=O) groups excluding carboxylic acids is 1. The lowest BCUT2D eigenvalue weighted by Gasteiger charge is -2.34. The maximum absolute atomic E-state index is 11.4. The molecule has 1 aromatic rings. The number of thioether (sulfide) groups is 1. The van der Waals surface area contributed by atoms with E-state index in [1.54, 1.807) is 11.8 Å². The largest absolute Gasteiger partial charge is 0.368 e. The van der Waals surface area contributed by atoms with E-state index in [1.165, 1.54) is 0 Å². The first-order valence-electron chi connectivity index (χ1n) is 6.47. The first-order chi connectivity index (χ1) is 8.89. The zero-order valence-electron chi connectivity index (χ0n) is 11.3. The van der Waals surface area contributed by atoms with E-state index in [0.29, 0.717) is 12.8 Å². The van der Waals surface area contributed by atoms with Gasteiger partial charge in [-0.05, 0) is 45.6 Å². The molecule has 2 atom stereocenters. The third kappa shape index (κ3) is 3.45. The molecule has 1 aromatic heterocycles. The van der Waals surface area contributed by atoms with Crippen LogP contribution in [0.25, 0.3) is 0 Å². The summed E-state index contributed by atoms with van der Waals surface area (Å²) in [7, 11) is 0. The van der Waals surface area contributed by atoms with Gasteiger partial charge in [-0.2, -0.15) is 0 Å². The molecule has 0 aromatic carbocycles. The van der Waals surface area contributed by atoms with Gasteiger partial charge in [-0.15, -0.1) is 0 Å². The summed E-state index contributed by atoms with van der Waals surface area (Å²) >= 11 is 1.60. The molecule has 1 amide bonds. The van der Waals surface area contributed by atoms with Gasteiger partial charge in [0.25, 0.3) is 0 Å². The van der Waals surface area contributed by atoms with Gasteiger partial charge in [-0.1, -0.05) is 11.8 Å². The monoisotopic (exact) mass is 280 g/mol. The molecule has 1 heterocycles. The van der Waals surface area contributed by atoms with Gasteiger partial charge in [0.15, 0.2) is 5.16 Å². The SMILES string of the molecule is Cc1cc(C)nc(SC2CCCC(N)(C(N)=O)C2)n1. The molecule has 1 aliphatic carbocycles. The molecule has 0 spiro atoms. The van der Waals surface area contributed by atoms with Crippen LogP contribution in [0.5, 0.6) is 0 Å². The number of rotatable bonds is 3. The maximum Gasteiger partial charge on any atom is 0.237 e. The van der Waals surface area contributed by atoms with Crippen LogP contribution in [0.4, 0.5) is 0 Å². The van der Waals surface area contributed by atoms with Crippen molar-refractivity contribution in [2.75, 3.05) is 0 Å². The van der Waals surface area contributed by atoms with Crippen molar-refractivity contribution in [1.29, 1.82) is 0 Å². The standard InChI is InChI=1S/C13H20N4OS/c1-8-6-9(2)17-12(16-8)19-10-4-3-5-13(15,7-10)11(14)18/h6,10H,3-5,7,15H2,1-2H3,(H2,14,18). The van der Waals surface area contributed by atoms with Gasteiger partial charge in [-0.25, -0.2) is 9.97 Å². The minimum absolute atomic E-state index is 0.257. The van der Waals surface area contributed by atoms with Crippen molar-refractivity contribution in [2.45, 2.75) is 55.5 Å². The molecule has 1 aliphatic rings. The molecule has 1 fully saturated rings. The Kier molecular flexibility index (Phi) is 4.10. The number of amides is 1. The molecular weight excluding hydrogens is 260 g/mol. The minimum Gasteiger partial charge on any atom is -0.368 e. The van der Waals surface area contributed by atoms with Gasteiger partial charge in [0, 0.05) is 16.6 Å². The van der Waals surface area contributed by atoms with Crippen molar-refractivity contribution in [3.63, 3.8) is 0 Å². The van der Waals surface area contributed by atoms with Crippen LogP contribution >= 0.6 is 11.8 Å². The number of nitrogens with two attached hydrogens (primary N) is 2. The molecule has 104 valence electrons. The van der Waals surface area contributed by atoms with Gasteiger partial charge in [0.1, 0.15) is 0 Å². The molecule has 4 N–H and O–H groups in total. The van der Waals surface area contributed by atoms with Crippen LogP contribution in [0, 0.1) is 13.8 Å². The van der Waals surface area contributed by atoms with E-state index in [1.807, 2.05) is 19.9 Å². The Bertz CT molecular complexity index is 473.